The van der Waals surface area contributed by atoms with Crippen molar-refractivity contribution < 1.29 is 14.3 Å². The van der Waals surface area contributed by atoms with Gasteiger partial charge in [-0.3, -0.25) is 4.79 Å². The average Bonchev–Trinajstić information content (AvgIpc) is 2.29. The lowest BCUT2D eigenvalue weighted by Crippen LogP contribution is -2.21. The smallest absolute Gasteiger partial charge is 0.169 e. The van der Waals surface area contributed by atoms with Gasteiger partial charge in [0, 0.05) is 23.2 Å². The summed E-state index contributed by atoms with van der Waals surface area (Å²) in [4.78, 5) is 12.1. The summed E-state index contributed by atoms with van der Waals surface area (Å²) < 4.78 is 11.5. The van der Waals surface area contributed by atoms with Gasteiger partial charge in [-0.2, -0.15) is 0 Å². The molecular weight excluding hydrogens is 319 g/mol. The van der Waals surface area contributed by atoms with Gasteiger partial charge in [-0.25, -0.2) is 0 Å². The summed E-state index contributed by atoms with van der Waals surface area (Å²) >= 11 is 9.33. The van der Waals surface area contributed by atoms with Gasteiger partial charge >= 0.3 is 0 Å². The van der Waals surface area contributed by atoms with E-state index in [0.717, 1.165) is 4.47 Å². The van der Waals surface area contributed by atoms with E-state index in [0.29, 0.717) is 23.8 Å². The van der Waals surface area contributed by atoms with Crippen LogP contribution in [0.3, 0.4) is 0 Å². The van der Waals surface area contributed by atoms with E-state index in [2.05, 4.69) is 15.9 Å². The fraction of sp³-hybridized carbons (Fsp3) is 0.462. The summed E-state index contributed by atoms with van der Waals surface area (Å²) in [6.45, 7) is 4.74. The average molecular weight is 336 g/mol. The number of hydrogen-bond acceptors (Lipinski definition) is 3. The molecule has 0 saturated heterocycles. The zero-order valence-electron chi connectivity index (χ0n) is 10.4. The van der Waals surface area contributed by atoms with Crippen molar-refractivity contribution in [2.75, 3.05) is 13.2 Å². The molecule has 0 radical (unpaired) electrons. The predicted molar refractivity (Wildman–Crippen MR) is 75.1 cm³/mol. The van der Waals surface area contributed by atoms with E-state index in [9.17, 15) is 4.79 Å². The third-order valence-electron chi connectivity index (χ3n) is 2.29. The molecule has 0 amide bonds. The molecular formula is C13H16BrClO3. The number of benzene rings is 1. The molecule has 0 atom stereocenters. The molecule has 0 N–H and O–H groups in total. The first-order chi connectivity index (χ1) is 8.58. The van der Waals surface area contributed by atoms with Gasteiger partial charge in [0.05, 0.1) is 11.4 Å². The fourth-order valence-electron chi connectivity index (χ4n) is 1.51. The molecule has 0 aromatic heterocycles. The Morgan fingerprint density at radius 2 is 1.94 bits per heavy atom. The van der Waals surface area contributed by atoms with E-state index in [-0.39, 0.29) is 12.2 Å². The first-order valence-electron chi connectivity index (χ1n) is 5.79. The van der Waals surface area contributed by atoms with Gasteiger partial charge < -0.3 is 9.47 Å². The Kier molecular flexibility index (Phi) is 6.86. The Morgan fingerprint density at radius 1 is 1.33 bits per heavy atom. The molecule has 3 nitrogen and oxygen atoms in total. The zero-order valence-corrected chi connectivity index (χ0v) is 12.8. The molecule has 100 valence electrons. The highest BCUT2D eigenvalue weighted by Gasteiger charge is 2.17. The maximum atomic E-state index is 12.1. The van der Waals surface area contributed by atoms with Crippen molar-refractivity contribution in [3.05, 3.63) is 33.3 Å². The SMILES string of the molecule is CCOC(CC(=O)c1ccc(Br)cc1Cl)OCC. The first-order valence-corrected chi connectivity index (χ1v) is 6.97. The van der Waals surface area contributed by atoms with Crippen LogP contribution >= 0.6 is 27.5 Å². The summed E-state index contributed by atoms with van der Waals surface area (Å²) in [5, 5.41) is 0.432. The third-order valence-corrected chi connectivity index (χ3v) is 3.09. The van der Waals surface area contributed by atoms with E-state index in [1.54, 1.807) is 18.2 Å². The van der Waals surface area contributed by atoms with Crippen molar-refractivity contribution >= 4 is 33.3 Å². The molecule has 0 aliphatic carbocycles. The summed E-state index contributed by atoms with van der Waals surface area (Å²) in [6.07, 6.45) is -0.338. The second-order valence-electron chi connectivity index (χ2n) is 3.59. The Hall–Kier alpha value is -0.420. The molecule has 1 rings (SSSR count). The Bertz CT molecular complexity index is 403. The van der Waals surface area contributed by atoms with Crippen LogP contribution in [-0.2, 0) is 9.47 Å². The minimum atomic E-state index is -0.507. The monoisotopic (exact) mass is 334 g/mol. The standard InChI is InChI=1S/C13H16BrClO3/c1-3-17-13(18-4-2)8-12(16)10-6-5-9(14)7-11(10)15/h5-7,13H,3-4,8H2,1-2H3. The Balaban J connectivity index is 2.73. The van der Waals surface area contributed by atoms with E-state index in [1.165, 1.54) is 0 Å². The van der Waals surface area contributed by atoms with Crippen LogP contribution in [0.4, 0.5) is 0 Å². The summed E-state index contributed by atoms with van der Waals surface area (Å²) in [6, 6.07) is 5.18. The van der Waals surface area contributed by atoms with Gasteiger partial charge in [-0.15, -0.1) is 0 Å². The van der Waals surface area contributed by atoms with E-state index in [1.807, 2.05) is 13.8 Å². The molecule has 5 heteroatoms. The van der Waals surface area contributed by atoms with Crippen molar-refractivity contribution in [3.8, 4) is 0 Å². The van der Waals surface area contributed by atoms with Gasteiger partial charge in [-0.1, -0.05) is 27.5 Å². The normalized spacial score (nSPS) is 10.9. The molecule has 1 aromatic rings. The van der Waals surface area contributed by atoms with Crippen LogP contribution in [0.25, 0.3) is 0 Å². The number of hydrogen-bond donors (Lipinski definition) is 0. The van der Waals surface area contributed by atoms with Crippen molar-refractivity contribution in [3.63, 3.8) is 0 Å². The third kappa shape index (κ3) is 4.69. The second-order valence-corrected chi connectivity index (χ2v) is 4.91. The van der Waals surface area contributed by atoms with Gasteiger partial charge in [0.25, 0.3) is 0 Å². The maximum Gasteiger partial charge on any atom is 0.169 e. The molecule has 0 bridgehead atoms. The molecule has 0 unspecified atom stereocenters. The zero-order chi connectivity index (χ0) is 13.5. The molecule has 0 fully saturated rings. The van der Waals surface area contributed by atoms with E-state index >= 15 is 0 Å². The highest BCUT2D eigenvalue weighted by molar-refractivity contribution is 9.10. The van der Waals surface area contributed by atoms with Crippen molar-refractivity contribution in [1.29, 1.82) is 0 Å². The van der Waals surface area contributed by atoms with E-state index < -0.39 is 6.29 Å². The number of ketones is 1. The Morgan fingerprint density at radius 3 is 2.44 bits per heavy atom. The van der Waals surface area contributed by atoms with Gasteiger partial charge in [0.2, 0.25) is 0 Å². The number of halogens is 2. The Labute approximate surface area is 121 Å². The number of rotatable bonds is 7. The number of Topliss-reactive ketones (excluding diaryl/α,β-unsaturated/α-hetero) is 1. The van der Waals surface area contributed by atoms with E-state index in [4.69, 9.17) is 21.1 Å². The molecule has 0 saturated carbocycles. The van der Waals surface area contributed by atoms with Crippen LogP contribution in [0, 0.1) is 0 Å². The van der Waals surface area contributed by atoms with Crippen molar-refractivity contribution in [2.24, 2.45) is 0 Å². The molecule has 0 heterocycles. The molecule has 0 aliphatic rings. The van der Waals surface area contributed by atoms with Crippen LogP contribution in [0.5, 0.6) is 0 Å². The second kappa shape index (κ2) is 7.89. The summed E-state index contributed by atoms with van der Waals surface area (Å²) in [5.74, 6) is -0.0839. The maximum absolute atomic E-state index is 12.1. The lowest BCUT2D eigenvalue weighted by Gasteiger charge is -2.16. The molecule has 0 aliphatic heterocycles. The number of carbonyl (C=O) groups excluding carboxylic acids is 1. The number of ether oxygens (including phenoxy) is 2. The van der Waals surface area contributed by atoms with Gasteiger partial charge in [0.15, 0.2) is 12.1 Å². The number of carbonyl (C=O) groups is 1. The van der Waals surface area contributed by atoms with Gasteiger partial charge in [0.1, 0.15) is 0 Å². The lowest BCUT2D eigenvalue weighted by atomic mass is 10.1. The predicted octanol–water partition coefficient (Wildman–Crippen LogP) is 4.07. The molecule has 0 spiro atoms. The van der Waals surface area contributed by atoms with Gasteiger partial charge in [-0.05, 0) is 32.0 Å². The van der Waals surface area contributed by atoms with Crippen LogP contribution in [-0.4, -0.2) is 25.3 Å². The molecule has 1 aromatic carbocycles. The first kappa shape index (κ1) is 15.6. The van der Waals surface area contributed by atoms with Crippen molar-refractivity contribution in [2.45, 2.75) is 26.6 Å². The van der Waals surface area contributed by atoms with Crippen LogP contribution in [0.15, 0.2) is 22.7 Å². The van der Waals surface area contributed by atoms with Crippen molar-refractivity contribution in [1.82, 2.24) is 0 Å². The minimum absolute atomic E-state index is 0.0839. The minimum Gasteiger partial charge on any atom is -0.352 e. The fourth-order valence-corrected chi connectivity index (χ4v) is 2.29. The lowest BCUT2D eigenvalue weighted by molar-refractivity contribution is -0.133. The van der Waals surface area contributed by atoms with Crippen LogP contribution in [0.1, 0.15) is 30.6 Å². The topological polar surface area (TPSA) is 35.5 Å². The summed E-state index contributed by atoms with van der Waals surface area (Å²) in [5.41, 5.74) is 0.490. The highest BCUT2D eigenvalue weighted by Crippen LogP contribution is 2.23. The van der Waals surface area contributed by atoms with Crippen LogP contribution < -0.4 is 0 Å². The summed E-state index contributed by atoms with van der Waals surface area (Å²) in [7, 11) is 0. The highest BCUT2D eigenvalue weighted by atomic mass is 79.9. The quantitative estimate of drug-likeness (QED) is 0.556. The largest absolute Gasteiger partial charge is 0.352 e. The van der Waals surface area contributed by atoms with Crippen LogP contribution in [0.2, 0.25) is 5.02 Å². The molecule has 18 heavy (non-hydrogen) atoms.